The Morgan fingerprint density at radius 1 is 1.26 bits per heavy atom. The summed E-state index contributed by atoms with van der Waals surface area (Å²) in [5.74, 6) is 0.351. The van der Waals surface area contributed by atoms with Crippen LogP contribution in [0.5, 0.6) is 0 Å². The van der Waals surface area contributed by atoms with Crippen molar-refractivity contribution in [3.63, 3.8) is 0 Å². The topological polar surface area (TPSA) is 98.0 Å². The fourth-order valence-corrected chi connectivity index (χ4v) is 8.39. The third-order valence-corrected chi connectivity index (χ3v) is 9.96. The Bertz CT molecular complexity index is 887. The average molecular weight is 456 g/mol. The van der Waals surface area contributed by atoms with Gasteiger partial charge in [-0.25, -0.2) is 13.2 Å². The van der Waals surface area contributed by atoms with Crippen molar-refractivity contribution in [2.45, 2.75) is 69.5 Å². The Kier molecular flexibility index (Phi) is 4.84. The highest BCUT2D eigenvalue weighted by atomic mass is 32.2. The molecular formula is C22H33NO7S. The summed E-state index contributed by atoms with van der Waals surface area (Å²) in [6, 6.07) is 0. The number of ether oxygens (including phenoxy) is 4. The second-order valence-corrected chi connectivity index (χ2v) is 12.8. The number of hydrogen-bond donors (Lipinski definition) is 0. The normalized spacial score (nSPS) is 43.7. The summed E-state index contributed by atoms with van der Waals surface area (Å²) in [5, 5.41) is 0. The van der Waals surface area contributed by atoms with Crippen LogP contribution in [0.1, 0.15) is 40.0 Å². The molecule has 0 aromatic carbocycles. The smallest absolute Gasteiger partial charge is 0.410 e. The van der Waals surface area contributed by atoms with Crippen LogP contribution in [0.25, 0.3) is 0 Å². The number of carbonyl (C=O) groups is 1. The quantitative estimate of drug-likeness (QED) is 0.461. The van der Waals surface area contributed by atoms with Crippen LogP contribution in [-0.4, -0.2) is 87.2 Å². The number of carbonyl (C=O) groups excluding carboxylic acids is 1. The molecule has 0 aromatic heterocycles. The van der Waals surface area contributed by atoms with E-state index in [1.807, 2.05) is 0 Å². The molecule has 4 aliphatic heterocycles. The van der Waals surface area contributed by atoms with Gasteiger partial charge in [0, 0.05) is 25.6 Å². The molecule has 2 spiro atoms. The van der Waals surface area contributed by atoms with E-state index in [0.29, 0.717) is 26.1 Å². The van der Waals surface area contributed by atoms with Gasteiger partial charge < -0.3 is 23.8 Å². The highest BCUT2D eigenvalue weighted by Gasteiger charge is 2.72. The van der Waals surface area contributed by atoms with Gasteiger partial charge >= 0.3 is 6.09 Å². The number of epoxide rings is 2. The molecular weight excluding hydrogens is 422 g/mol. The standard InChI is InChI=1S/C22H33NO7S/c1-14(2)5-6-16-20(3,30-16)18-17(27-4)15(7-8-22(18)11-28-22)29-19(24)23-9-21(10-23)12-31(25,26)13-21/h5,15-18H,6-13H2,1-4H3/t15?,16-,17?,18?,20+,22?/m1/s1. The van der Waals surface area contributed by atoms with Crippen LogP contribution in [-0.2, 0) is 28.8 Å². The molecule has 6 atom stereocenters. The van der Waals surface area contributed by atoms with Crippen molar-refractivity contribution in [3.05, 3.63) is 11.6 Å². The van der Waals surface area contributed by atoms with E-state index >= 15 is 0 Å². The molecule has 0 bridgehead atoms. The van der Waals surface area contributed by atoms with Crippen LogP contribution in [0.15, 0.2) is 11.6 Å². The predicted octanol–water partition coefficient (Wildman–Crippen LogP) is 1.93. The van der Waals surface area contributed by atoms with E-state index in [1.54, 1.807) is 12.0 Å². The van der Waals surface area contributed by atoms with Crippen LogP contribution in [0.3, 0.4) is 0 Å². The summed E-state index contributed by atoms with van der Waals surface area (Å²) in [6.07, 6.45) is 3.59. The maximum Gasteiger partial charge on any atom is 0.410 e. The molecule has 1 saturated carbocycles. The van der Waals surface area contributed by atoms with E-state index in [0.717, 1.165) is 12.8 Å². The molecule has 5 fully saturated rings. The molecule has 4 unspecified atom stereocenters. The van der Waals surface area contributed by atoms with Gasteiger partial charge in [0.1, 0.15) is 23.4 Å². The Morgan fingerprint density at radius 2 is 1.94 bits per heavy atom. The van der Waals surface area contributed by atoms with Gasteiger partial charge in [0.25, 0.3) is 0 Å². The first-order valence-corrected chi connectivity index (χ1v) is 13.0. The van der Waals surface area contributed by atoms with E-state index in [4.69, 9.17) is 18.9 Å². The van der Waals surface area contributed by atoms with Gasteiger partial charge in [-0.05, 0) is 40.0 Å². The first-order valence-electron chi connectivity index (χ1n) is 11.2. The Hall–Kier alpha value is -1.16. The summed E-state index contributed by atoms with van der Waals surface area (Å²) in [6.45, 7) is 7.89. The highest BCUT2D eigenvalue weighted by Crippen LogP contribution is 2.59. The van der Waals surface area contributed by atoms with Gasteiger partial charge in [-0.1, -0.05) is 11.6 Å². The molecule has 0 aromatic rings. The number of methoxy groups -OCH3 is 1. The summed E-state index contributed by atoms with van der Waals surface area (Å²) in [7, 11) is -1.25. The van der Waals surface area contributed by atoms with Crippen LogP contribution >= 0.6 is 0 Å². The zero-order valence-electron chi connectivity index (χ0n) is 18.8. The molecule has 0 N–H and O–H groups in total. The van der Waals surface area contributed by atoms with Crippen LogP contribution in [0.4, 0.5) is 4.79 Å². The molecule has 31 heavy (non-hydrogen) atoms. The zero-order chi connectivity index (χ0) is 22.2. The van der Waals surface area contributed by atoms with E-state index < -0.39 is 9.84 Å². The Morgan fingerprint density at radius 3 is 2.48 bits per heavy atom. The van der Waals surface area contributed by atoms with E-state index in [9.17, 15) is 13.2 Å². The predicted molar refractivity (Wildman–Crippen MR) is 112 cm³/mol. The molecule has 174 valence electrons. The minimum absolute atomic E-state index is 0.00776. The van der Waals surface area contributed by atoms with Crippen LogP contribution in [0, 0.1) is 11.3 Å². The Labute approximate surface area is 184 Å². The maximum atomic E-state index is 12.8. The second-order valence-electron chi connectivity index (χ2n) is 10.7. The third kappa shape index (κ3) is 3.61. The summed E-state index contributed by atoms with van der Waals surface area (Å²) in [5.41, 5.74) is 0.405. The Balaban J connectivity index is 1.25. The number of amides is 1. The van der Waals surface area contributed by atoms with Crippen molar-refractivity contribution >= 4 is 15.9 Å². The van der Waals surface area contributed by atoms with Crippen molar-refractivity contribution in [2.24, 2.45) is 11.3 Å². The van der Waals surface area contributed by atoms with Crippen molar-refractivity contribution < 1.29 is 32.2 Å². The maximum absolute atomic E-state index is 12.8. The average Bonchev–Trinajstić information content (AvgIpc) is 3.54. The van der Waals surface area contributed by atoms with Crippen molar-refractivity contribution in [1.29, 1.82) is 0 Å². The fraction of sp³-hybridized carbons (Fsp3) is 0.864. The summed E-state index contributed by atoms with van der Waals surface area (Å²) in [4.78, 5) is 14.4. The monoisotopic (exact) mass is 455 g/mol. The number of allylic oxidation sites excluding steroid dienone is 1. The molecule has 8 nitrogen and oxygen atoms in total. The van der Waals surface area contributed by atoms with Crippen molar-refractivity contribution in [3.8, 4) is 0 Å². The summed E-state index contributed by atoms with van der Waals surface area (Å²) < 4.78 is 47.0. The number of nitrogens with zero attached hydrogens (tertiary/aromatic N) is 1. The van der Waals surface area contributed by atoms with Crippen LogP contribution < -0.4 is 0 Å². The summed E-state index contributed by atoms with van der Waals surface area (Å²) >= 11 is 0. The molecule has 4 saturated heterocycles. The first-order chi connectivity index (χ1) is 14.5. The molecule has 9 heteroatoms. The zero-order valence-corrected chi connectivity index (χ0v) is 19.6. The van der Waals surface area contributed by atoms with E-state index in [-0.39, 0.29) is 58.4 Å². The lowest BCUT2D eigenvalue weighted by molar-refractivity contribution is -0.126. The van der Waals surface area contributed by atoms with E-state index in [2.05, 4.69) is 26.8 Å². The SMILES string of the molecule is COC1C(OC(=O)N2CC3(C2)CS(=O)(=O)C3)CCC2(CO2)C1[C@@]1(C)O[C@@H]1CC=C(C)C. The minimum Gasteiger partial charge on any atom is -0.443 e. The van der Waals surface area contributed by atoms with Gasteiger partial charge in [-0.3, -0.25) is 0 Å². The van der Waals surface area contributed by atoms with Gasteiger partial charge in [0.2, 0.25) is 0 Å². The number of sulfone groups is 1. The molecule has 1 amide bonds. The molecule has 1 aliphatic carbocycles. The van der Waals surface area contributed by atoms with Gasteiger partial charge in [0.05, 0.1) is 30.1 Å². The van der Waals surface area contributed by atoms with Crippen LogP contribution in [0.2, 0.25) is 0 Å². The molecule has 0 radical (unpaired) electrons. The second kappa shape index (κ2) is 6.92. The number of likely N-dealkylation sites (tertiary alicyclic amines) is 1. The molecule has 4 heterocycles. The first kappa shape index (κ1) is 21.7. The van der Waals surface area contributed by atoms with Crippen molar-refractivity contribution in [1.82, 2.24) is 4.90 Å². The lowest BCUT2D eigenvalue weighted by Gasteiger charge is -2.54. The van der Waals surface area contributed by atoms with Gasteiger partial charge in [-0.15, -0.1) is 0 Å². The van der Waals surface area contributed by atoms with Crippen molar-refractivity contribution in [2.75, 3.05) is 38.3 Å². The molecule has 5 rings (SSSR count). The largest absolute Gasteiger partial charge is 0.443 e. The van der Waals surface area contributed by atoms with Gasteiger partial charge in [-0.2, -0.15) is 0 Å². The lowest BCUT2D eigenvalue weighted by atomic mass is 9.68. The number of hydrogen-bond acceptors (Lipinski definition) is 7. The third-order valence-electron chi connectivity index (χ3n) is 7.85. The highest BCUT2D eigenvalue weighted by molar-refractivity contribution is 7.92. The minimum atomic E-state index is -2.91. The van der Waals surface area contributed by atoms with E-state index in [1.165, 1.54) is 5.57 Å². The fourth-order valence-electron chi connectivity index (χ4n) is 6.24. The van der Waals surface area contributed by atoms with Gasteiger partial charge in [0.15, 0.2) is 9.84 Å². The lowest BCUT2D eigenvalue weighted by Crippen LogP contribution is -2.69. The molecule has 5 aliphatic rings. The number of rotatable bonds is 5.